The second-order valence-electron chi connectivity index (χ2n) is 11.3. The van der Waals surface area contributed by atoms with Crippen LogP contribution in [0.4, 0.5) is 13.2 Å². The predicted molar refractivity (Wildman–Crippen MR) is 179 cm³/mol. The molecule has 0 saturated heterocycles. The largest absolute Gasteiger partial charge is 0.504 e. The second-order valence-corrected chi connectivity index (χ2v) is 11.3. The zero-order valence-electron chi connectivity index (χ0n) is 27.5. The van der Waals surface area contributed by atoms with Crippen LogP contribution in [0.5, 0.6) is 34.5 Å². The van der Waals surface area contributed by atoms with Gasteiger partial charge in [0.2, 0.25) is 0 Å². The summed E-state index contributed by atoms with van der Waals surface area (Å²) in [5.74, 6) is -1.27. The lowest BCUT2D eigenvalue weighted by Crippen LogP contribution is -2.21. The van der Waals surface area contributed by atoms with E-state index in [9.17, 15) is 28.2 Å². The highest BCUT2D eigenvalue weighted by atomic mass is 19.4. The fourth-order valence-corrected chi connectivity index (χ4v) is 5.64. The van der Waals surface area contributed by atoms with E-state index >= 15 is 0 Å². The van der Waals surface area contributed by atoms with Crippen LogP contribution in [0.15, 0.2) is 63.9 Å². The smallest absolute Gasteiger partial charge is 0.490 e. The molecule has 50 heavy (non-hydrogen) atoms. The molecule has 6 rings (SSSR count). The molecule has 0 spiro atoms. The molecule has 0 amide bonds. The first-order chi connectivity index (χ1) is 23.7. The quantitative estimate of drug-likeness (QED) is 0.113. The molecule has 15 heteroatoms. The Kier molecular flexibility index (Phi) is 9.90. The van der Waals surface area contributed by atoms with Crippen LogP contribution in [-0.4, -0.2) is 85.3 Å². The zero-order chi connectivity index (χ0) is 36.5. The molecule has 3 aromatic heterocycles. The number of hydrogen-bond donors (Lipinski definition) is 3. The molecule has 0 aliphatic heterocycles. The SMILES string of the molecule is COc1ccc(-c2c3c4cc(OC)c(OCCCN(C)C)cc4oc(=O)c3n3ccc4cc(O)c(OC)cc4c23)cc1O.O=C(O)C(F)(F)F. The third-order valence-electron chi connectivity index (χ3n) is 7.86. The number of phenolic OH excluding ortho intramolecular Hbond substituents is 2. The molecule has 3 aromatic carbocycles. The number of aromatic hydroxyl groups is 2. The average Bonchev–Trinajstić information content (AvgIpc) is 3.42. The summed E-state index contributed by atoms with van der Waals surface area (Å²) in [4.78, 5) is 24.7. The molecule has 3 heterocycles. The maximum atomic E-state index is 13.7. The van der Waals surface area contributed by atoms with Gasteiger partial charge in [0.25, 0.3) is 0 Å². The molecule has 0 radical (unpaired) electrons. The highest BCUT2D eigenvalue weighted by Gasteiger charge is 2.38. The van der Waals surface area contributed by atoms with Gasteiger partial charge < -0.3 is 48.0 Å². The van der Waals surface area contributed by atoms with Crippen LogP contribution < -0.4 is 24.6 Å². The number of phenols is 2. The van der Waals surface area contributed by atoms with Gasteiger partial charge in [-0.1, -0.05) is 6.07 Å². The molecular weight excluding hydrogens is 665 g/mol. The Bertz CT molecular complexity index is 2290. The molecular formula is C35H33F3N2O10. The molecule has 6 aromatic rings. The van der Waals surface area contributed by atoms with Crippen LogP contribution in [0.25, 0.3) is 49.3 Å². The van der Waals surface area contributed by atoms with Gasteiger partial charge in [-0.05, 0) is 67.9 Å². The zero-order valence-corrected chi connectivity index (χ0v) is 27.5. The van der Waals surface area contributed by atoms with Crippen LogP contribution in [0, 0.1) is 0 Å². The Morgan fingerprint density at radius 2 is 1.50 bits per heavy atom. The highest BCUT2D eigenvalue weighted by Crippen LogP contribution is 2.46. The summed E-state index contributed by atoms with van der Waals surface area (Å²) in [6, 6.07) is 13.7. The summed E-state index contributed by atoms with van der Waals surface area (Å²) < 4.78 is 61.9. The van der Waals surface area contributed by atoms with E-state index < -0.39 is 17.8 Å². The van der Waals surface area contributed by atoms with Gasteiger partial charge in [0.05, 0.1) is 33.5 Å². The molecule has 3 N–H and O–H groups in total. The molecule has 0 atom stereocenters. The summed E-state index contributed by atoms with van der Waals surface area (Å²) in [5, 5.41) is 31.1. The summed E-state index contributed by atoms with van der Waals surface area (Å²) in [6.07, 6.45) is -2.51. The van der Waals surface area contributed by atoms with E-state index in [2.05, 4.69) is 4.90 Å². The normalized spacial score (nSPS) is 11.6. The van der Waals surface area contributed by atoms with Gasteiger partial charge in [-0.3, -0.25) is 0 Å². The number of alkyl halides is 3. The first kappa shape index (κ1) is 35.5. The first-order valence-electron chi connectivity index (χ1n) is 15.0. The van der Waals surface area contributed by atoms with Crippen molar-refractivity contribution in [1.82, 2.24) is 9.30 Å². The lowest BCUT2D eigenvalue weighted by atomic mass is 9.98. The van der Waals surface area contributed by atoms with Crippen molar-refractivity contribution in [2.24, 2.45) is 0 Å². The van der Waals surface area contributed by atoms with Crippen molar-refractivity contribution < 1.29 is 56.6 Å². The Morgan fingerprint density at radius 1 is 0.860 bits per heavy atom. The number of hydrogen-bond acceptors (Lipinski definition) is 10. The number of carboxylic acid groups (broad SMARTS) is 1. The van der Waals surface area contributed by atoms with Gasteiger partial charge in [0.1, 0.15) is 11.1 Å². The minimum Gasteiger partial charge on any atom is -0.504 e. The van der Waals surface area contributed by atoms with Crippen molar-refractivity contribution in [3.8, 4) is 45.6 Å². The standard InChI is InChI=1S/C33H32N2O8.C2HF3O2/c1-34(2)10-6-12-42-28-17-25-21(16-27(28)41-5)30-29(19-7-8-24(39-3)22(36)14-19)31-20-15-26(40-4)23(37)13-18(20)9-11-35(31)32(30)33(38)43-25;3-2(4,5)1(6)7/h7-9,11,13-17,36-37H,6,10,12H2,1-5H3;(H,6,7). The Balaban J connectivity index is 0.000000630. The Morgan fingerprint density at radius 3 is 2.10 bits per heavy atom. The number of carbonyl (C=O) groups is 1. The van der Waals surface area contributed by atoms with Crippen molar-refractivity contribution in [3.63, 3.8) is 0 Å². The lowest BCUT2D eigenvalue weighted by Gasteiger charge is -2.14. The molecule has 0 unspecified atom stereocenters. The molecule has 0 aliphatic carbocycles. The minimum absolute atomic E-state index is 0.00749. The van der Waals surface area contributed by atoms with Gasteiger partial charge in [-0.15, -0.1) is 0 Å². The van der Waals surface area contributed by atoms with Gasteiger partial charge in [0, 0.05) is 40.5 Å². The number of fused-ring (bicyclic) bond motifs is 7. The van der Waals surface area contributed by atoms with E-state index in [1.165, 1.54) is 14.2 Å². The number of aromatic nitrogens is 1. The maximum Gasteiger partial charge on any atom is 0.490 e. The van der Waals surface area contributed by atoms with Crippen molar-refractivity contribution in [1.29, 1.82) is 0 Å². The van der Waals surface area contributed by atoms with E-state index in [4.69, 9.17) is 33.3 Å². The average molecular weight is 699 g/mol. The summed E-state index contributed by atoms with van der Waals surface area (Å²) >= 11 is 0. The van der Waals surface area contributed by atoms with E-state index in [-0.39, 0.29) is 17.2 Å². The van der Waals surface area contributed by atoms with Gasteiger partial charge >= 0.3 is 17.8 Å². The van der Waals surface area contributed by atoms with Crippen molar-refractivity contribution >= 4 is 44.1 Å². The fourth-order valence-electron chi connectivity index (χ4n) is 5.64. The fraction of sp³-hybridized carbons (Fsp3) is 0.257. The van der Waals surface area contributed by atoms with Crippen molar-refractivity contribution in [3.05, 3.63) is 65.1 Å². The number of halogens is 3. The molecule has 0 aliphatic rings. The Hall–Kier alpha value is -5.83. The summed E-state index contributed by atoms with van der Waals surface area (Å²) in [7, 11) is 8.53. The van der Waals surface area contributed by atoms with Crippen LogP contribution in [0.3, 0.4) is 0 Å². The third-order valence-corrected chi connectivity index (χ3v) is 7.86. The van der Waals surface area contributed by atoms with Gasteiger partial charge in [0.15, 0.2) is 34.5 Å². The number of carboxylic acids is 1. The maximum absolute atomic E-state index is 13.7. The summed E-state index contributed by atoms with van der Waals surface area (Å²) in [6.45, 7) is 1.32. The van der Waals surface area contributed by atoms with Crippen LogP contribution >= 0.6 is 0 Å². The van der Waals surface area contributed by atoms with E-state index in [1.54, 1.807) is 48.0 Å². The number of ether oxygens (including phenoxy) is 4. The minimum atomic E-state index is -5.08. The highest BCUT2D eigenvalue weighted by molar-refractivity contribution is 6.22. The number of pyridine rings is 1. The number of benzene rings is 3. The number of aliphatic carboxylic acids is 1. The monoisotopic (exact) mass is 698 g/mol. The Labute approximate surface area is 282 Å². The first-order valence-corrected chi connectivity index (χ1v) is 15.0. The summed E-state index contributed by atoms with van der Waals surface area (Å²) in [5.41, 5.74) is 2.07. The second kappa shape index (κ2) is 14.0. The number of methoxy groups -OCH3 is 3. The van der Waals surface area contributed by atoms with E-state index in [0.29, 0.717) is 62.4 Å². The van der Waals surface area contributed by atoms with Gasteiger partial charge in [-0.2, -0.15) is 13.2 Å². The van der Waals surface area contributed by atoms with Crippen LogP contribution in [0.2, 0.25) is 0 Å². The molecule has 0 bridgehead atoms. The van der Waals surface area contributed by atoms with Crippen LogP contribution in [0.1, 0.15) is 6.42 Å². The molecule has 264 valence electrons. The van der Waals surface area contributed by atoms with Gasteiger partial charge in [-0.25, -0.2) is 9.59 Å². The lowest BCUT2D eigenvalue weighted by molar-refractivity contribution is -0.192. The van der Waals surface area contributed by atoms with E-state index in [0.717, 1.165) is 23.7 Å². The topological polar surface area (TPSA) is 153 Å². The third kappa shape index (κ3) is 6.72. The molecule has 0 saturated carbocycles. The molecule has 0 fully saturated rings. The van der Waals surface area contributed by atoms with Crippen molar-refractivity contribution in [2.45, 2.75) is 12.6 Å². The number of nitrogens with zero attached hydrogens (tertiary/aromatic N) is 2. The van der Waals surface area contributed by atoms with Crippen LogP contribution in [-0.2, 0) is 4.79 Å². The molecule has 12 nitrogen and oxygen atoms in total. The van der Waals surface area contributed by atoms with E-state index in [1.807, 2.05) is 32.3 Å². The van der Waals surface area contributed by atoms with Crippen molar-refractivity contribution in [2.75, 3.05) is 48.6 Å². The predicted octanol–water partition coefficient (Wildman–Crippen LogP) is 6.42. The number of rotatable bonds is 9.